The van der Waals surface area contributed by atoms with E-state index < -0.39 is 17.0 Å². The van der Waals surface area contributed by atoms with Crippen LogP contribution in [0.3, 0.4) is 0 Å². The summed E-state index contributed by atoms with van der Waals surface area (Å²) in [6.45, 7) is 0.725. The topological polar surface area (TPSA) is 33.0 Å². The molecule has 0 unspecified atom stereocenters. The molecule has 0 aromatic heterocycles. The highest BCUT2D eigenvalue weighted by Crippen LogP contribution is 2.37. The molecule has 1 heterocycles. The minimum Gasteiger partial charge on any atom is -0.381 e. The molecule has 2 nitrogen and oxygen atoms in total. The first-order chi connectivity index (χ1) is 7.69. The Bertz CT molecular complexity index is 413. The van der Waals surface area contributed by atoms with E-state index in [0.717, 1.165) is 0 Å². The molecule has 2 rings (SSSR count). The minimum atomic E-state index is -1.08. The Hall–Kier alpha value is -1.47. The maximum Gasteiger partial charge on any atom is 0.130 e. The van der Waals surface area contributed by atoms with Crippen LogP contribution in [0.1, 0.15) is 18.4 Å². The van der Waals surface area contributed by atoms with E-state index in [9.17, 15) is 14.0 Å². The van der Waals surface area contributed by atoms with Crippen molar-refractivity contribution in [2.24, 2.45) is 0 Å². The number of halogens is 2. The van der Waals surface area contributed by atoms with Gasteiger partial charge in [0.25, 0.3) is 0 Å². The molecule has 0 spiro atoms. The zero-order valence-electron chi connectivity index (χ0n) is 8.67. The lowest BCUT2D eigenvalue weighted by atomic mass is 9.75. The van der Waals surface area contributed by atoms with Crippen LogP contribution in [0.25, 0.3) is 0 Å². The summed E-state index contributed by atoms with van der Waals surface area (Å²) in [6.07, 6.45) is 0.669. The van der Waals surface area contributed by atoms with Gasteiger partial charge in [-0.05, 0) is 25.0 Å². The zero-order valence-corrected chi connectivity index (χ0v) is 8.67. The number of nitrogens with zero attached hydrogens (tertiary/aromatic N) is 1. The van der Waals surface area contributed by atoms with Gasteiger partial charge in [0.05, 0.1) is 11.5 Å². The summed E-state index contributed by atoms with van der Waals surface area (Å²) in [7, 11) is 0. The Morgan fingerprint density at radius 2 is 1.75 bits per heavy atom. The summed E-state index contributed by atoms with van der Waals surface area (Å²) < 4.78 is 32.4. The largest absolute Gasteiger partial charge is 0.381 e. The van der Waals surface area contributed by atoms with Gasteiger partial charge >= 0.3 is 0 Å². The van der Waals surface area contributed by atoms with Crippen LogP contribution in [0, 0.1) is 23.0 Å². The van der Waals surface area contributed by atoms with Crippen molar-refractivity contribution in [1.29, 1.82) is 5.26 Å². The smallest absolute Gasteiger partial charge is 0.130 e. The van der Waals surface area contributed by atoms with Gasteiger partial charge < -0.3 is 4.74 Å². The molecule has 1 aliphatic rings. The second-order valence-electron chi connectivity index (χ2n) is 3.90. The van der Waals surface area contributed by atoms with Crippen LogP contribution in [0.5, 0.6) is 0 Å². The third kappa shape index (κ3) is 1.68. The highest BCUT2D eigenvalue weighted by Gasteiger charge is 2.39. The molecule has 0 bridgehead atoms. The maximum atomic E-state index is 13.6. The number of ether oxygens (including phenoxy) is 1. The number of nitriles is 1. The predicted molar refractivity (Wildman–Crippen MR) is 53.7 cm³/mol. The third-order valence-corrected chi connectivity index (χ3v) is 3.00. The fourth-order valence-electron chi connectivity index (χ4n) is 2.09. The fourth-order valence-corrected chi connectivity index (χ4v) is 2.09. The van der Waals surface area contributed by atoms with Crippen molar-refractivity contribution in [1.82, 2.24) is 0 Å². The van der Waals surface area contributed by atoms with Gasteiger partial charge in [0, 0.05) is 18.8 Å². The van der Waals surface area contributed by atoms with Gasteiger partial charge in [-0.2, -0.15) is 5.26 Å². The SMILES string of the molecule is N#CC1(c2c(F)cccc2F)CCOCC1. The van der Waals surface area contributed by atoms with Crippen molar-refractivity contribution in [3.8, 4) is 6.07 Å². The van der Waals surface area contributed by atoms with Crippen molar-refractivity contribution >= 4 is 0 Å². The van der Waals surface area contributed by atoms with E-state index in [1.54, 1.807) is 0 Å². The van der Waals surface area contributed by atoms with Gasteiger partial charge in [-0.3, -0.25) is 0 Å². The van der Waals surface area contributed by atoms with E-state index in [0.29, 0.717) is 26.1 Å². The van der Waals surface area contributed by atoms with Crippen LogP contribution in [0.4, 0.5) is 8.78 Å². The summed E-state index contributed by atoms with van der Waals surface area (Å²) in [5.41, 5.74) is -1.19. The Balaban J connectivity index is 2.52. The summed E-state index contributed by atoms with van der Waals surface area (Å²) in [5.74, 6) is -1.30. The quantitative estimate of drug-likeness (QED) is 0.733. The van der Waals surface area contributed by atoms with Gasteiger partial charge in [0.15, 0.2) is 0 Å². The molecule has 84 valence electrons. The summed E-state index contributed by atoms with van der Waals surface area (Å²) in [6, 6.07) is 5.73. The van der Waals surface area contributed by atoms with Crippen LogP contribution in [0.2, 0.25) is 0 Å². The fraction of sp³-hybridized carbons (Fsp3) is 0.417. The van der Waals surface area contributed by atoms with E-state index in [2.05, 4.69) is 6.07 Å². The Morgan fingerprint density at radius 3 is 2.25 bits per heavy atom. The predicted octanol–water partition coefficient (Wildman–Crippen LogP) is 2.54. The van der Waals surface area contributed by atoms with Crippen molar-refractivity contribution in [3.63, 3.8) is 0 Å². The summed E-state index contributed by atoms with van der Waals surface area (Å²) >= 11 is 0. The van der Waals surface area contributed by atoms with Crippen molar-refractivity contribution in [3.05, 3.63) is 35.4 Å². The average Bonchev–Trinajstić information content (AvgIpc) is 2.30. The molecule has 1 saturated heterocycles. The molecule has 4 heteroatoms. The maximum absolute atomic E-state index is 13.6. The minimum absolute atomic E-state index is 0.110. The second-order valence-corrected chi connectivity index (χ2v) is 3.90. The Kier molecular flexibility index (Phi) is 2.88. The van der Waals surface area contributed by atoms with E-state index in [4.69, 9.17) is 4.74 Å². The first kappa shape index (κ1) is 11.0. The number of hydrogen-bond donors (Lipinski definition) is 0. The first-order valence-electron chi connectivity index (χ1n) is 5.13. The van der Waals surface area contributed by atoms with E-state index in [-0.39, 0.29) is 5.56 Å². The molecule has 0 radical (unpaired) electrons. The highest BCUT2D eigenvalue weighted by molar-refractivity contribution is 5.35. The first-order valence-corrected chi connectivity index (χ1v) is 5.13. The summed E-state index contributed by atoms with van der Waals surface area (Å²) in [4.78, 5) is 0. The van der Waals surface area contributed by atoms with Crippen LogP contribution in [-0.4, -0.2) is 13.2 Å². The van der Waals surface area contributed by atoms with E-state index >= 15 is 0 Å². The number of rotatable bonds is 1. The lowest BCUT2D eigenvalue weighted by Crippen LogP contribution is -2.34. The monoisotopic (exact) mass is 223 g/mol. The van der Waals surface area contributed by atoms with Crippen molar-refractivity contribution in [2.75, 3.05) is 13.2 Å². The average molecular weight is 223 g/mol. The third-order valence-electron chi connectivity index (χ3n) is 3.00. The number of hydrogen-bond acceptors (Lipinski definition) is 2. The molecule has 0 aliphatic carbocycles. The van der Waals surface area contributed by atoms with Gasteiger partial charge in [0.2, 0.25) is 0 Å². The molecule has 1 aromatic rings. The number of benzene rings is 1. The molecule has 1 aliphatic heterocycles. The van der Waals surface area contributed by atoms with Gasteiger partial charge in [-0.25, -0.2) is 8.78 Å². The van der Waals surface area contributed by atoms with E-state index in [1.165, 1.54) is 18.2 Å². The van der Waals surface area contributed by atoms with Gasteiger partial charge in [0.1, 0.15) is 11.6 Å². The van der Waals surface area contributed by atoms with Crippen LogP contribution in [0.15, 0.2) is 18.2 Å². The molecular formula is C12H11F2NO. The van der Waals surface area contributed by atoms with Crippen molar-refractivity contribution in [2.45, 2.75) is 18.3 Å². The van der Waals surface area contributed by atoms with Gasteiger partial charge in [-0.15, -0.1) is 0 Å². The zero-order chi connectivity index (χ0) is 11.6. The van der Waals surface area contributed by atoms with Crippen molar-refractivity contribution < 1.29 is 13.5 Å². The molecule has 0 saturated carbocycles. The van der Waals surface area contributed by atoms with E-state index in [1.807, 2.05) is 0 Å². The van der Waals surface area contributed by atoms with Crippen LogP contribution in [-0.2, 0) is 10.2 Å². The second kappa shape index (κ2) is 4.18. The molecule has 1 aromatic carbocycles. The van der Waals surface area contributed by atoms with Crippen LogP contribution < -0.4 is 0 Å². The Labute approximate surface area is 92.5 Å². The normalized spacial score (nSPS) is 19.1. The molecule has 0 N–H and O–H groups in total. The molecule has 0 atom stereocenters. The summed E-state index contributed by atoms with van der Waals surface area (Å²) in [5, 5.41) is 9.20. The molecule has 16 heavy (non-hydrogen) atoms. The van der Waals surface area contributed by atoms with Crippen LogP contribution >= 0.6 is 0 Å². The highest BCUT2D eigenvalue weighted by atomic mass is 19.1. The Morgan fingerprint density at radius 1 is 1.19 bits per heavy atom. The molecule has 1 fully saturated rings. The molecule has 0 amide bonds. The van der Waals surface area contributed by atoms with Gasteiger partial charge in [-0.1, -0.05) is 6.07 Å². The molecular weight excluding hydrogens is 212 g/mol. The standard InChI is InChI=1S/C12H11F2NO/c13-9-2-1-3-10(14)11(9)12(8-15)4-6-16-7-5-12/h1-3H,4-7H2. The lowest BCUT2D eigenvalue weighted by Gasteiger charge is -2.31. The lowest BCUT2D eigenvalue weighted by molar-refractivity contribution is 0.0655.